The van der Waals surface area contributed by atoms with Crippen molar-refractivity contribution in [3.05, 3.63) is 64.1 Å². The molecule has 1 N–H and O–H groups in total. The monoisotopic (exact) mass is 550 g/mol. The van der Waals surface area contributed by atoms with Crippen LogP contribution in [0.5, 0.6) is 11.5 Å². The quantitative estimate of drug-likeness (QED) is 0.436. The maximum Gasteiger partial charge on any atom is 0.255 e. The summed E-state index contributed by atoms with van der Waals surface area (Å²) in [7, 11) is -0.428. The van der Waals surface area contributed by atoms with Gasteiger partial charge in [0.05, 0.1) is 24.1 Å². The number of thiophene rings is 1. The number of benzene rings is 1. The van der Waals surface area contributed by atoms with Crippen LogP contribution in [-0.4, -0.2) is 70.6 Å². The molecule has 0 bridgehead atoms. The molecule has 9 nitrogen and oxygen atoms in total. The number of carbonyl (C=O) groups is 1. The van der Waals surface area contributed by atoms with Gasteiger partial charge in [-0.2, -0.15) is 4.31 Å². The van der Waals surface area contributed by atoms with Crippen LogP contribution in [0, 0.1) is 0 Å². The number of methoxy groups -OCH3 is 2. The molecular weight excluding hydrogens is 524 g/mol. The van der Waals surface area contributed by atoms with E-state index in [0.29, 0.717) is 53.3 Å². The number of piperazine rings is 1. The first-order chi connectivity index (χ1) is 17.3. The van der Waals surface area contributed by atoms with Crippen molar-refractivity contribution in [1.29, 1.82) is 0 Å². The number of aromatic nitrogens is 1. The highest BCUT2D eigenvalue weighted by atomic mass is 35.5. The van der Waals surface area contributed by atoms with Gasteiger partial charge in [0, 0.05) is 38.9 Å². The summed E-state index contributed by atoms with van der Waals surface area (Å²) in [6.45, 7) is 1.84. The molecule has 0 saturated carbocycles. The van der Waals surface area contributed by atoms with Crippen molar-refractivity contribution in [2.45, 2.75) is 10.6 Å². The van der Waals surface area contributed by atoms with Gasteiger partial charge in [-0.05, 0) is 48.4 Å². The molecule has 0 spiro atoms. The highest BCUT2D eigenvalue weighted by Gasteiger charge is 2.31. The average Bonchev–Trinajstić information content (AvgIpc) is 3.35. The van der Waals surface area contributed by atoms with E-state index in [2.05, 4.69) is 10.3 Å². The Bertz CT molecular complexity index is 1320. The van der Waals surface area contributed by atoms with E-state index in [9.17, 15) is 13.2 Å². The van der Waals surface area contributed by atoms with Crippen LogP contribution < -0.4 is 19.7 Å². The molecule has 0 atom stereocenters. The van der Waals surface area contributed by atoms with Gasteiger partial charge in [0.25, 0.3) is 15.9 Å². The van der Waals surface area contributed by atoms with E-state index >= 15 is 0 Å². The number of nitrogens with zero attached hydrogens (tertiary/aromatic N) is 3. The smallest absolute Gasteiger partial charge is 0.255 e. The van der Waals surface area contributed by atoms with Crippen molar-refractivity contribution in [3.8, 4) is 11.5 Å². The molecule has 0 aliphatic carbocycles. The third kappa shape index (κ3) is 5.75. The first-order valence-corrected chi connectivity index (χ1v) is 13.9. The molecule has 12 heteroatoms. The largest absolute Gasteiger partial charge is 0.493 e. The Morgan fingerprint density at radius 2 is 1.83 bits per heavy atom. The van der Waals surface area contributed by atoms with Gasteiger partial charge in [-0.25, -0.2) is 13.4 Å². The number of sulfonamides is 1. The zero-order valence-corrected chi connectivity index (χ0v) is 22.3. The molecule has 192 valence electrons. The van der Waals surface area contributed by atoms with Gasteiger partial charge < -0.3 is 19.7 Å². The third-order valence-corrected chi connectivity index (χ3v) is 9.46. The molecular formula is C24H27ClN4O5S2. The Morgan fingerprint density at radius 1 is 1.08 bits per heavy atom. The number of carbonyl (C=O) groups excluding carboxylic acids is 1. The Kier molecular flexibility index (Phi) is 8.35. The van der Waals surface area contributed by atoms with E-state index in [1.807, 2.05) is 23.1 Å². The number of nitrogens with one attached hydrogen (secondary N) is 1. The van der Waals surface area contributed by atoms with Gasteiger partial charge in [-0.3, -0.25) is 4.79 Å². The van der Waals surface area contributed by atoms with Gasteiger partial charge in [0.2, 0.25) is 0 Å². The number of hydrogen-bond donors (Lipinski definition) is 1. The SMILES string of the molecule is COc1ccc(CCNC(=O)c2cccnc2N2CCN(S(=O)(=O)c3ccc(Cl)s3)CC2)cc1OC. The molecule has 1 aliphatic rings. The highest BCUT2D eigenvalue weighted by molar-refractivity contribution is 7.91. The van der Waals surface area contributed by atoms with Crippen molar-refractivity contribution in [2.75, 3.05) is 51.8 Å². The van der Waals surface area contributed by atoms with Gasteiger partial charge in [-0.15, -0.1) is 11.3 Å². The summed E-state index contributed by atoms with van der Waals surface area (Å²) in [5.74, 6) is 1.59. The van der Waals surface area contributed by atoms with Crippen LogP contribution in [0.15, 0.2) is 52.9 Å². The van der Waals surface area contributed by atoms with E-state index in [0.717, 1.165) is 16.9 Å². The second kappa shape index (κ2) is 11.5. The molecule has 3 aromatic rings. The lowest BCUT2D eigenvalue weighted by atomic mass is 10.1. The number of pyridine rings is 1. The second-order valence-electron chi connectivity index (χ2n) is 8.02. The topological polar surface area (TPSA) is 101 Å². The van der Waals surface area contributed by atoms with Gasteiger partial charge in [0.1, 0.15) is 10.0 Å². The van der Waals surface area contributed by atoms with E-state index in [1.165, 1.54) is 10.4 Å². The first kappa shape index (κ1) is 26.2. The minimum Gasteiger partial charge on any atom is -0.493 e. The number of hydrogen-bond acceptors (Lipinski definition) is 8. The van der Waals surface area contributed by atoms with Gasteiger partial charge in [-0.1, -0.05) is 17.7 Å². The summed E-state index contributed by atoms with van der Waals surface area (Å²) in [6.07, 6.45) is 2.25. The molecule has 2 aromatic heterocycles. The van der Waals surface area contributed by atoms with Crippen LogP contribution >= 0.6 is 22.9 Å². The fourth-order valence-corrected chi connectivity index (χ4v) is 7.04. The normalized spacial score (nSPS) is 14.5. The zero-order valence-electron chi connectivity index (χ0n) is 19.9. The Labute approximate surface area is 219 Å². The molecule has 1 amide bonds. The fraction of sp³-hybridized carbons (Fsp3) is 0.333. The summed E-state index contributed by atoms with van der Waals surface area (Å²) in [5.41, 5.74) is 1.45. The molecule has 1 saturated heterocycles. The summed E-state index contributed by atoms with van der Waals surface area (Å²) in [4.78, 5) is 19.4. The minimum absolute atomic E-state index is 0.230. The number of rotatable bonds is 9. The first-order valence-electron chi connectivity index (χ1n) is 11.3. The fourth-order valence-electron chi connectivity index (χ4n) is 3.98. The lowest BCUT2D eigenvalue weighted by Crippen LogP contribution is -2.49. The van der Waals surface area contributed by atoms with Crippen LogP contribution in [0.4, 0.5) is 5.82 Å². The Morgan fingerprint density at radius 3 is 2.50 bits per heavy atom. The minimum atomic E-state index is -3.60. The van der Waals surface area contributed by atoms with E-state index in [4.69, 9.17) is 21.1 Å². The summed E-state index contributed by atoms with van der Waals surface area (Å²) >= 11 is 6.97. The maximum atomic E-state index is 13.0. The predicted molar refractivity (Wildman–Crippen MR) is 140 cm³/mol. The third-order valence-electron chi connectivity index (χ3n) is 5.86. The number of anilines is 1. The predicted octanol–water partition coefficient (Wildman–Crippen LogP) is 3.30. The molecule has 4 rings (SSSR count). The molecule has 0 radical (unpaired) electrons. The molecule has 1 aliphatic heterocycles. The van der Waals surface area contributed by atoms with E-state index in [-0.39, 0.29) is 23.2 Å². The molecule has 36 heavy (non-hydrogen) atoms. The Hall–Kier alpha value is -2.86. The average molecular weight is 551 g/mol. The van der Waals surface area contributed by atoms with Crippen LogP contribution in [-0.2, 0) is 16.4 Å². The van der Waals surface area contributed by atoms with E-state index in [1.54, 1.807) is 38.6 Å². The van der Waals surface area contributed by atoms with Gasteiger partial charge in [0.15, 0.2) is 11.5 Å². The summed E-state index contributed by atoms with van der Waals surface area (Å²) in [6, 6.07) is 12.2. The summed E-state index contributed by atoms with van der Waals surface area (Å²) < 4.78 is 38.5. The highest BCUT2D eigenvalue weighted by Crippen LogP contribution is 2.30. The van der Waals surface area contributed by atoms with Crippen molar-refractivity contribution >= 4 is 44.7 Å². The summed E-state index contributed by atoms with van der Waals surface area (Å²) in [5, 5.41) is 2.95. The van der Waals surface area contributed by atoms with Crippen molar-refractivity contribution in [1.82, 2.24) is 14.6 Å². The zero-order chi connectivity index (χ0) is 25.7. The van der Waals surface area contributed by atoms with Gasteiger partial charge >= 0.3 is 0 Å². The maximum absolute atomic E-state index is 13.0. The standard InChI is InChI=1S/C24H27ClN4O5S2/c1-33-19-6-5-17(16-20(19)34-2)9-11-27-24(30)18-4-3-10-26-23(18)28-12-14-29(15-13-28)36(31,32)22-8-7-21(25)35-22/h3-8,10,16H,9,11-15H2,1-2H3,(H,27,30). The lowest BCUT2D eigenvalue weighted by Gasteiger charge is -2.35. The molecule has 3 heterocycles. The number of ether oxygens (including phenoxy) is 2. The van der Waals surface area contributed by atoms with Crippen LogP contribution in [0.3, 0.4) is 0 Å². The van der Waals surface area contributed by atoms with Crippen LogP contribution in [0.25, 0.3) is 0 Å². The van der Waals surface area contributed by atoms with Crippen LogP contribution in [0.2, 0.25) is 4.34 Å². The molecule has 1 fully saturated rings. The van der Waals surface area contributed by atoms with Crippen LogP contribution in [0.1, 0.15) is 15.9 Å². The number of amides is 1. The lowest BCUT2D eigenvalue weighted by molar-refractivity contribution is 0.0954. The van der Waals surface area contributed by atoms with Crippen molar-refractivity contribution < 1.29 is 22.7 Å². The second-order valence-corrected chi connectivity index (χ2v) is 11.9. The van der Waals surface area contributed by atoms with E-state index < -0.39 is 10.0 Å². The van der Waals surface area contributed by atoms with Crippen molar-refractivity contribution in [3.63, 3.8) is 0 Å². The van der Waals surface area contributed by atoms with Crippen molar-refractivity contribution in [2.24, 2.45) is 0 Å². The molecule has 1 aromatic carbocycles. The number of halogens is 1. The molecule has 0 unspecified atom stereocenters. The Balaban J connectivity index is 1.37.